The van der Waals surface area contributed by atoms with Gasteiger partial charge in [0.05, 0.1) is 31.9 Å². The van der Waals surface area contributed by atoms with Crippen molar-refractivity contribution in [1.82, 2.24) is 0 Å². The summed E-state index contributed by atoms with van der Waals surface area (Å²) in [5, 5.41) is 3.11. The Balaban J connectivity index is 2.43. The highest BCUT2D eigenvalue weighted by molar-refractivity contribution is 7.92. The summed E-state index contributed by atoms with van der Waals surface area (Å²) >= 11 is 6.02. The molecule has 0 aromatic heterocycles. The van der Waals surface area contributed by atoms with Crippen LogP contribution in [0, 0.1) is 0 Å². The number of carbonyl (C=O) groups is 1. The first-order chi connectivity index (χ1) is 13.2. The minimum Gasteiger partial charge on any atom is -0.497 e. The maximum atomic E-state index is 13.0. The molecule has 0 aliphatic heterocycles. The molecule has 0 saturated carbocycles. The van der Waals surface area contributed by atoms with E-state index in [1.165, 1.54) is 20.3 Å². The number of carbonyl (C=O) groups excluding carboxylic acids is 1. The van der Waals surface area contributed by atoms with Crippen molar-refractivity contribution < 1.29 is 22.7 Å². The molecule has 1 atom stereocenters. The van der Waals surface area contributed by atoms with E-state index < -0.39 is 22.0 Å². The molecule has 2 aromatic carbocycles. The van der Waals surface area contributed by atoms with E-state index in [9.17, 15) is 13.2 Å². The topological polar surface area (TPSA) is 84.9 Å². The van der Waals surface area contributed by atoms with E-state index in [-0.39, 0.29) is 6.42 Å². The molecule has 0 aliphatic rings. The largest absolute Gasteiger partial charge is 0.497 e. The van der Waals surface area contributed by atoms with Gasteiger partial charge in [0, 0.05) is 11.1 Å². The van der Waals surface area contributed by atoms with E-state index in [1.807, 2.05) is 0 Å². The van der Waals surface area contributed by atoms with E-state index in [0.717, 1.165) is 10.6 Å². The Kier molecular flexibility index (Phi) is 7.15. The van der Waals surface area contributed by atoms with Crippen LogP contribution in [-0.4, -0.2) is 40.8 Å². The molecule has 1 N–H and O–H groups in total. The standard InChI is InChI=1S/C19H23ClN2O5S/c1-5-17(22(28(4,24)25)14-8-6-7-13(20)11-14)19(23)21-16-12-15(26-2)9-10-18(16)27-3/h6-12,17H,5H2,1-4H3,(H,21,23)/t17-/m1/s1. The summed E-state index contributed by atoms with van der Waals surface area (Å²) in [5.41, 5.74) is 0.694. The molecule has 0 unspecified atom stereocenters. The van der Waals surface area contributed by atoms with Crippen molar-refractivity contribution in [3.8, 4) is 11.5 Å². The fourth-order valence-electron chi connectivity index (χ4n) is 2.80. The second-order valence-electron chi connectivity index (χ2n) is 6.02. The van der Waals surface area contributed by atoms with Gasteiger partial charge in [-0.2, -0.15) is 0 Å². The molecule has 1 amide bonds. The molecule has 0 aliphatic carbocycles. The van der Waals surface area contributed by atoms with Gasteiger partial charge in [-0.1, -0.05) is 24.6 Å². The number of nitrogens with one attached hydrogen (secondary N) is 1. The highest BCUT2D eigenvalue weighted by Gasteiger charge is 2.32. The molecule has 0 spiro atoms. The van der Waals surface area contributed by atoms with Gasteiger partial charge in [0.2, 0.25) is 15.9 Å². The van der Waals surface area contributed by atoms with Crippen LogP contribution in [0.3, 0.4) is 0 Å². The van der Waals surface area contributed by atoms with Gasteiger partial charge in [-0.05, 0) is 36.8 Å². The van der Waals surface area contributed by atoms with Crippen LogP contribution in [0.1, 0.15) is 13.3 Å². The average molecular weight is 427 g/mol. The Hall–Kier alpha value is -2.45. The molecule has 7 nitrogen and oxygen atoms in total. The van der Waals surface area contributed by atoms with Gasteiger partial charge in [0.1, 0.15) is 17.5 Å². The quantitative estimate of drug-likeness (QED) is 0.697. The smallest absolute Gasteiger partial charge is 0.248 e. The number of benzene rings is 2. The van der Waals surface area contributed by atoms with Crippen molar-refractivity contribution in [2.75, 3.05) is 30.1 Å². The molecule has 0 saturated heterocycles. The predicted octanol–water partition coefficient (Wildman–Crippen LogP) is 3.54. The summed E-state index contributed by atoms with van der Waals surface area (Å²) in [6, 6.07) is 10.3. The number of anilines is 2. The zero-order valence-electron chi connectivity index (χ0n) is 16.1. The first-order valence-corrected chi connectivity index (χ1v) is 10.7. The summed E-state index contributed by atoms with van der Waals surface area (Å²) in [7, 11) is -0.771. The lowest BCUT2D eigenvalue weighted by atomic mass is 10.1. The minimum atomic E-state index is -3.75. The van der Waals surface area contributed by atoms with Crippen molar-refractivity contribution in [2.24, 2.45) is 0 Å². The van der Waals surface area contributed by atoms with E-state index >= 15 is 0 Å². The van der Waals surface area contributed by atoms with E-state index in [2.05, 4.69) is 5.32 Å². The maximum absolute atomic E-state index is 13.0. The maximum Gasteiger partial charge on any atom is 0.248 e. The van der Waals surface area contributed by atoms with Crippen LogP contribution in [0.25, 0.3) is 0 Å². The lowest BCUT2D eigenvalue weighted by molar-refractivity contribution is -0.117. The monoisotopic (exact) mass is 426 g/mol. The zero-order valence-corrected chi connectivity index (χ0v) is 17.7. The summed E-state index contributed by atoms with van der Waals surface area (Å²) in [4.78, 5) is 13.0. The number of hydrogen-bond donors (Lipinski definition) is 1. The van der Waals surface area contributed by atoms with Crippen LogP contribution >= 0.6 is 11.6 Å². The lowest BCUT2D eigenvalue weighted by Crippen LogP contribution is -2.47. The number of sulfonamides is 1. The molecule has 0 fully saturated rings. The number of nitrogens with zero attached hydrogens (tertiary/aromatic N) is 1. The second-order valence-corrected chi connectivity index (χ2v) is 8.31. The van der Waals surface area contributed by atoms with Crippen LogP contribution in [0.2, 0.25) is 5.02 Å². The lowest BCUT2D eigenvalue weighted by Gasteiger charge is -2.30. The van der Waals surface area contributed by atoms with Gasteiger partial charge in [-0.15, -0.1) is 0 Å². The van der Waals surface area contributed by atoms with E-state index in [1.54, 1.807) is 43.3 Å². The van der Waals surface area contributed by atoms with Gasteiger partial charge in [0.15, 0.2) is 0 Å². The summed E-state index contributed by atoms with van der Waals surface area (Å²) in [5.74, 6) is 0.455. The minimum absolute atomic E-state index is 0.248. The third kappa shape index (κ3) is 5.08. The van der Waals surface area contributed by atoms with Crippen molar-refractivity contribution >= 4 is 38.9 Å². The first-order valence-electron chi connectivity index (χ1n) is 8.49. The van der Waals surface area contributed by atoms with Gasteiger partial charge in [-0.25, -0.2) is 8.42 Å². The molecule has 0 radical (unpaired) electrons. The SMILES string of the molecule is CC[C@H](C(=O)Nc1cc(OC)ccc1OC)N(c1cccc(Cl)c1)S(C)(=O)=O. The van der Waals surface area contributed by atoms with E-state index in [4.69, 9.17) is 21.1 Å². The first kappa shape index (κ1) is 21.8. The molecule has 2 rings (SSSR count). The zero-order chi connectivity index (χ0) is 20.9. The van der Waals surface area contributed by atoms with Crippen LogP contribution in [0.15, 0.2) is 42.5 Å². The van der Waals surface area contributed by atoms with E-state index in [0.29, 0.717) is 27.9 Å². The average Bonchev–Trinajstić information content (AvgIpc) is 2.64. The summed E-state index contributed by atoms with van der Waals surface area (Å²) in [6.45, 7) is 1.73. The van der Waals surface area contributed by atoms with Crippen molar-refractivity contribution in [1.29, 1.82) is 0 Å². The van der Waals surface area contributed by atoms with Crippen molar-refractivity contribution in [3.63, 3.8) is 0 Å². The summed E-state index contributed by atoms with van der Waals surface area (Å²) < 4.78 is 36.5. The van der Waals surface area contributed by atoms with Crippen LogP contribution < -0.4 is 19.1 Å². The van der Waals surface area contributed by atoms with Crippen LogP contribution in [0.4, 0.5) is 11.4 Å². The molecular weight excluding hydrogens is 404 g/mol. The molecule has 9 heteroatoms. The summed E-state index contributed by atoms with van der Waals surface area (Å²) in [6.07, 6.45) is 1.30. The van der Waals surface area contributed by atoms with Gasteiger partial charge in [0.25, 0.3) is 0 Å². The highest BCUT2D eigenvalue weighted by Crippen LogP contribution is 2.30. The van der Waals surface area contributed by atoms with Crippen LogP contribution in [0.5, 0.6) is 11.5 Å². The molecule has 152 valence electrons. The normalized spacial score (nSPS) is 12.2. The number of amides is 1. The Morgan fingerprint density at radius 1 is 1.18 bits per heavy atom. The Morgan fingerprint density at radius 3 is 2.43 bits per heavy atom. The third-order valence-electron chi connectivity index (χ3n) is 4.06. The number of rotatable bonds is 8. The Bertz CT molecular complexity index is 949. The molecule has 0 bridgehead atoms. The number of halogens is 1. The van der Waals surface area contributed by atoms with Crippen molar-refractivity contribution in [3.05, 3.63) is 47.5 Å². The predicted molar refractivity (Wildman–Crippen MR) is 111 cm³/mol. The number of ether oxygens (including phenoxy) is 2. The van der Waals surface area contributed by atoms with Crippen molar-refractivity contribution in [2.45, 2.75) is 19.4 Å². The third-order valence-corrected chi connectivity index (χ3v) is 5.47. The molecule has 28 heavy (non-hydrogen) atoms. The fourth-order valence-corrected chi connectivity index (χ4v) is 4.19. The fraction of sp³-hybridized carbons (Fsp3) is 0.316. The van der Waals surface area contributed by atoms with Gasteiger partial charge in [-0.3, -0.25) is 9.10 Å². The highest BCUT2D eigenvalue weighted by atomic mass is 35.5. The molecule has 0 heterocycles. The number of hydrogen-bond acceptors (Lipinski definition) is 5. The number of methoxy groups -OCH3 is 2. The second kappa shape index (κ2) is 9.16. The molecular formula is C19H23ClN2O5S. The molecule has 2 aromatic rings. The van der Waals surface area contributed by atoms with Gasteiger partial charge >= 0.3 is 0 Å². The van der Waals surface area contributed by atoms with Crippen LogP contribution in [-0.2, 0) is 14.8 Å². The Morgan fingerprint density at radius 2 is 1.89 bits per heavy atom. The van der Waals surface area contributed by atoms with Gasteiger partial charge < -0.3 is 14.8 Å². The Labute approximate surface area is 170 Å².